The van der Waals surface area contributed by atoms with Crippen LogP contribution in [-0.2, 0) is 14.3 Å². The summed E-state index contributed by atoms with van der Waals surface area (Å²) in [5.41, 5.74) is 0. The van der Waals surface area contributed by atoms with Gasteiger partial charge >= 0.3 is 12.1 Å². The predicted molar refractivity (Wildman–Crippen MR) is 66.2 cm³/mol. The molecule has 1 heterocycles. The lowest BCUT2D eigenvalue weighted by atomic mass is 9.92. The first kappa shape index (κ1) is 14.8. The topological polar surface area (TPSA) is 67.9 Å². The summed E-state index contributed by atoms with van der Waals surface area (Å²) in [6.45, 7) is 3.82. The number of nitrogens with one attached hydrogen (secondary N) is 1. The minimum absolute atomic E-state index is 0.0237. The molecule has 1 aliphatic rings. The van der Waals surface area contributed by atoms with Gasteiger partial charge in [-0.15, -0.1) is 0 Å². The first-order valence-corrected chi connectivity index (χ1v) is 6.23. The SMILES string of the molecule is CCOC(=O)CC1CC(NC(=O)OC)CN(C)C1. The molecule has 6 nitrogen and oxygen atoms in total. The maximum atomic E-state index is 11.5. The second-order valence-electron chi connectivity index (χ2n) is 4.66. The van der Waals surface area contributed by atoms with E-state index in [9.17, 15) is 9.59 Å². The van der Waals surface area contributed by atoms with Crippen LogP contribution in [0.25, 0.3) is 0 Å². The average Bonchev–Trinajstić information content (AvgIpc) is 2.28. The number of likely N-dealkylation sites (tertiary alicyclic amines) is 1. The molecule has 104 valence electrons. The Kier molecular flexibility index (Phi) is 5.91. The molecular formula is C12H22N2O4. The van der Waals surface area contributed by atoms with E-state index in [0.717, 1.165) is 19.5 Å². The average molecular weight is 258 g/mol. The summed E-state index contributed by atoms with van der Waals surface area (Å²) in [5.74, 6) is 0.0413. The molecule has 0 saturated carbocycles. The van der Waals surface area contributed by atoms with Crippen LogP contribution in [0.1, 0.15) is 19.8 Å². The Bertz CT molecular complexity index is 296. The number of hydrogen-bond acceptors (Lipinski definition) is 5. The molecule has 1 N–H and O–H groups in total. The Labute approximate surface area is 108 Å². The first-order valence-electron chi connectivity index (χ1n) is 6.23. The number of piperidine rings is 1. The summed E-state index contributed by atoms with van der Waals surface area (Å²) >= 11 is 0. The molecule has 1 fully saturated rings. The Balaban J connectivity index is 2.44. The maximum Gasteiger partial charge on any atom is 0.407 e. The highest BCUT2D eigenvalue weighted by Crippen LogP contribution is 2.19. The molecule has 0 aromatic heterocycles. The number of carbonyl (C=O) groups excluding carboxylic acids is 2. The number of hydrogen-bond donors (Lipinski definition) is 1. The highest BCUT2D eigenvalue weighted by molar-refractivity contribution is 5.70. The van der Waals surface area contributed by atoms with Crippen molar-refractivity contribution >= 4 is 12.1 Å². The molecule has 0 radical (unpaired) electrons. The van der Waals surface area contributed by atoms with Gasteiger partial charge in [-0.3, -0.25) is 4.79 Å². The van der Waals surface area contributed by atoms with Gasteiger partial charge in [-0.25, -0.2) is 4.79 Å². The van der Waals surface area contributed by atoms with Crippen LogP contribution in [0, 0.1) is 5.92 Å². The number of amides is 1. The summed E-state index contributed by atoms with van der Waals surface area (Å²) in [7, 11) is 3.32. The lowest BCUT2D eigenvalue weighted by Crippen LogP contribution is -2.49. The van der Waals surface area contributed by atoms with Crippen LogP contribution in [0.3, 0.4) is 0 Å². The van der Waals surface area contributed by atoms with Crippen LogP contribution in [-0.4, -0.2) is 56.9 Å². The van der Waals surface area contributed by atoms with Crippen molar-refractivity contribution in [2.75, 3.05) is 33.9 Å². The maximum absolute atomic E-state index is 11.5. The number of rotatable bonds is 4. The normalized spacial score (nSPS) is 24.4. The van der Waals surface area contributed by atoms with E-state index in [0.29, 0.717) is 13.0 Å². The smallest absolute Gasteiger partial charge is 0.407 e. The van der Waals surface area contributed by atoms with Gasteiger partial charge in [-0.1, -0.05) is 0 Å². The fourth-order valence-electron chi connectivity index (χ4n) is 2.38. The van der Waals surface area contributed by atoms with Gasteiger partial charge in [0.1, 0.15) is 0 Å². The Morgan fingerprint density at radius 1 is 1.39 bits per heavy atom. The Morgan fingerprint density at radius 2 is 2.11 bits per heavy atom. The molecule has 0 aliphatic carbocycles. The standard InChI is InChI=1S/C12H22N2O4/c1-4-18-11(15)6-9-5-10(8-14(2)7-9)13-12(16)17-3/h9-10H,4-8H2,1-3H3,(H,13,16). The van der Waals surface area contributed by atoms with Crippen molar-refractivity contribution in [3.8, 4) is 0 Å². The van der Waals surface area contributed by atoms with Crippen LogP contribution in [0.4, 0.5) is 4.79 Å². The van der Waals surface area contributed by atoms with Crippen LogP contribution >= 0.6 is 0 Å². The van der Waals surface area contributed by atoms with Gasteiger partial charge in [0, 0.05) is 25.6 Å². The molecule has 1 rings (SSSR count). The van der Waals surface area contributed by atoms with Crippen molar-refractivity contribution < 1.29 is 19.1 Å². The fourth-order valence-corrected chi connectivity index (χ4v) is 2.38. The van der Waals surface area contributed by atoms with Crippen molar-refractivity contribution in [2.45, 2.75) is 25.8 Å². The van der Waals surface area contributed by atoms with E-state index in [4.69, 9.17) is 4.74 Å². The van der Waals surface area contributed by atoms with E-state index < -0.39 is 6.09 Å². The van der Waals surface area contributed by atoms with Crippen molar-refractivity contribution in [3.05, 3.63) is 0 Å². The largest absolute Gasteiger partial charge is 0.466 e. The molecule has 1 amide bonds. The molecule has 0 aromatic rings. The number of methoxy groups -OCH3 is 1. The molecule has 0 bridgehead atoms. The van der Waals surface area contributed by atoms with Crippen molar-refractivity contribution in [1.29, 1.82) is 0 Å². The second kappa shape index (κ2) is 7.20. The van der Waals surface area contributed by atoms with Gasteiger partial charge in [0.15, 0.2) is 0 Å². The second-order valence-corrected chi connectivity index (χ2v) is 4.66. The highest BCUT2D eigenvalue weighted by Gasteiger charge is 2.28. The van der Waals surface area contributed by atoms with Crippen molar-refractivity contribution in [3.63, 3.8) is 0 Å². The number of alkyl carbamates (subject to hydrolysis) is 1. The third-order valence-corrected chi connectivity index (χ3v) is 2.99. The predicted octanol–water partition coefficient (Wildman–Crippen LogP) is 0.616. The quantitative estimate of drug-likeness (QED) is 0.749. The van der Waals surface area contributed by atoms with Gasteiger partial charge < -0.3 is 19.7 Å². The van der Waals surface area contributed by atoms with E-state index in [1.807, 2.05) is 7.05 Å². The van der Waals surface area contributed by atoms with Gasteiger partial charge in [0.25, 0.3) is 0 Å². The molecule has 1 saturated heterocycles. The summed E-state index contributed by atoms with van der Waals surface area (Å²) in [6.07, 6.45) is 0.751. The van der Waals surface area contributed by atoms with Crippen LogP contribution in [0.2, 0.25) is 0 Å². The van der Waals surface area contributed by atoms with Crippen LogP contribution in [0.5, 0.6) is 0 Å². The van der Waals surface area contributed by atoms with Crippen LogP contribution in [0.15, 0.2) is 0 Å². The monoisotopic (exact) mass is 258 g/mol. The lowest BCUT2D eigenvalue weighted by molar-refractivity contribution is -0.144. The van der Waals surface area contributed by atoms with E-state index in [1.165, 1.54) is 7.11 Å². The van der Waals surface area contributed by atoms with Gasteiger partial charge in [-0.2, -0.15) is 0 Å². The molecule has 1 aliphatic heterocycles. The van der Waals surface area contributed by atoms with E-state index in [-0.39, 0.29) is 17.9 Å². The first-order chi connectivity index (χ1) is 8.55. The third-order valence-electron chi connectivity index (χ3n) is 2.99. The highest BCUT2D eigenvalue weighted by atomic mass is 16.5. The molecule has 6 heteroatoms. The Morgan fingerprint density at radius 3 is 2.72 bits per heavy atom. The number of ether oxygens (including phenoxy) is 2. The van der Waals surface area contributed by atoms with E-state index in [2.05, 4.69) is 15.0 Å². The minimum Gasteiger partial charge on any atom is -0.466 e. The molecule has 18 heavy (non-hydrogen) atoms. The zero-order valence-electron chi connectivity index (χ0n) is 11.3. The van der Waals surface area contributed by atoms with Crippen LogP contribution < -0.4 is 5.32 Å². The zero-order chi connectivity index (χ0) is 13.5. The number of esters is 1. The zero-order valence-corrected chi connectivity index (χ0v) is 11.3. The number of nitrogens with zero attached hydrogens (tertiary/aromatic N) is 1. The molecular weight excluding hydrogens is 236 g/mol. The third kappa shape index (κ3) is 4.91. The molecule has 2 atom stereocenters. The number of carbonyl (C=O) groups is 2. The van der Waals surface area contributed by atoms with Crippen molar-refractivity contribution in [2.24, 2.45) is 5.92 Å². The lowest BCUT2D eigenvalue weighted by Gasteiger charge is -2.35. The van der Waals surface area contributed by atoms with Gasteiger partial charge in [0.2, 0.25) is 0 Å². The minimum atomic E-state index is -0.426. The summed E-state index contributed by atoms with van der Waals surface area (Å²) in [4.78, 5) is 24.7. The van der Waals surface area contributed by atoms with E-state index in [1.54, 1.807) is 6.92 Å². The van der Waals surface area contributed by atoms with Gasteiger partial charge in [-0.05, 0) is 26.3 Å². The summed E-state index contributed by atoms with van der Waals surface area (Å²) in [5, 5.41) is 2.78. The van der Waals surface area contributed by atoms with E-state index >= 15 is 0 Å². The molecule has 0 aromatic carbocycles. The Hall–Kier alpha value is -1.30. The molecule has 2 unspecified atom stereocenters. The summed E-state index contributed by atoms with van der Waals surface area (Å²) < 4.78 is 9.53. The van der Waals surface area contributed by atoms with Crippen molar-refractivity contribution in [1.82, 2.24) is 10.2 Å². The number of likely N-dealkylation sites (N-methyl/N-ethyl adjacent to an activating group) is 1. The van der Waals surface area contributed by atoms with Gasteiger partial charge in [0.05, 0.1) is 13.7 Å². The summed E-state index contributed by atoms with van der Waals surface area (Å²) in [6, 6.07) is 0.0237. The fraction of sp³-hybridized carbons (Fsp3) is 0.833. The molecule has 0 spiro atoms.